The first-order valence-electron chi connectivity index (χ1n) is 18.3. The highest BCUT2D eigenvalue weighted by molar-refractivity contribution is 7.15. The van der Waals surface area contributed by atoms with Gasteiger partial charge in [0.05, 0.1) is 36.4 Å². The van der Waals surface area contributed by atoms with Crippen molar-refractivity contribution in [3.8, 4) is 10.8 Å². The zero-order valence-electron chi connectivity index (χ0n) is 30.9. The van der Waals surface area contributed by atoms with Crippen LogP contribution in [-0.4, -0.2) is 86.6 Å². The van der Waals surface area contributed by atoms with Crippen LogP contribution in [0.1, 0.15) is 98.5 Å². The van der Waals surface area contributed by atoms with Crippen molar-refractivity contribution in [2.24, 2.45) is 4.99 Å². The summed E-state index contributed by atoms with van der Waals surface area (Å²) in [5.74, 6) is -1.57. The van der Waals surface area contributed by atoms with Crippen molar-refractivity contribution in [1.82, 2.24) is 35.6 Å². The minimum Gasteiger partial charge on any atom is -0.493 e. The van der Waals surface area contributed by atoms with E-state index in [1.165, 1.54) is 6.07 Å². The van der Waals surface area contributed by atoms with Crippen LogP contribution >= 0.6 is 22.9 Å². The summed E-state index contributed by atoms with van der Waals surface area (Å²) < 4.78 is 7.85. The quantitative estimate of drug-likeness (QED) is 0.132. The molecule has 2 aromatic heterocycles. The van der Waals surface area contributed by atoms with Gasteiger partial charge in [0.25, 0.3) is 11.8 Å². The predicted octanol–water partition coefficient (Wildman–Crippen LogP) is 4.07. The topological polar surface area (TPSA) is 194 Å². The smallest absolute Gasteiger partial charge is 0.266 e. The van der Waals surface area contributed by atoms with Crippen molar-refractivity contribution in [3.05, 3.63) is 91.8 Å². The van der Waals surface area contributed by atoms with Gasteiger partial charge in [0.15, 0.2) is 5.82 Å². The van der Waals surface area contributed by atoms with E-state index in [9.17, 15) is 28.8 Å². The summed E-state index contributed by atoms with van der Waals surface area (Å²) in [6, 6.07) is 10.4. The lowest BCUT2D eigenvalue weighted by Crippen LogP contribution is -2.54. The molecule has 2 atom stereocenters. The van der Waals surface area contributed by atoms with Crippen LogP contribution in [0.5, 0.6) is 5.75 Å². The molecule has 0 saturated carbocycles. The number of amides is 6. The lowest BCUT2D eigenvalue weighted by atomic mass is 9.99. The Kier molecular flexibility index (Phi) is 11.1. The second-order valence-electron chi connectivity index (χ2n) is 13.8. The van der Waals surface area contributed by atoms with Crippen LogP contribution in [0.15, 0.2) is 47.5 Å². The fourth-order valence-electron chi connectivity index (χ4n) is 7.04. The molecule has 0 spiro atoms. The third-order valence-corrected chi connectivity index (χ3v) is 11.5. The summed E-state index contributed by atoms with van der Waals surface area (Å²) >= 11 is 7.82. The number of unbranched alkanes of at least 4 members (excludes halogenated alkanes) is 2. The Bertz CT molecular complexity index is 2300. The second-order valence-corrected chi connectivity index (χ2v) is 15.4. The molecule has 3 aliphatic heterocycles. The first kappa shape index (κ1) is 38.5. The van der Waals surface area contributed by atoms with Crippen LogP contribution in [0, 0.1) is 20.8 Å². The molecule has 0 radical (unpaired) electrons. The number of nitrogens with one attached hydrogen (secondary N) is 3. The normalized spacial score (nSPS) is 17.4. The number of imide groups is 2. The number of benzene rings is 2. The Labute approximate surface area is 330 Å². The summed E-state index contributed by atoms with van der Waals surface area (Å²) in [5.41, 5.74) is 3.89. The number of hydrogen-bond donors (Lipinski definition) is 3. The molecule has 0 aliphatic carbocycles. The molecule has 0 bridgehead atoms. The Morgan fingerprint density at radius 1 is 0.946 bits per heavy atom. The lowest BCUT2D eigenvalue weighted by Gasteiger charge is -2.27. The van der Waals surface area contributed by atoms with Gasteiger partial charge in [0.2, 0.25) is 23.6 Å². The van der Waals surface area contributed by atoms with Crippen LogP contribution in [-0.2, 0) is 19.2 Å². The molecular formula is C39H39ClN8O7S. The van der Waals surface area contributed by atoms with Gasteiger partial charge in [-0.15, -0.1) is 21.5 Å². The first-order valence-corrected chi connectivity index (χ1v) is 19.5. The van der Waals surface area contributed by atoms with Crippen molar-refractivity contribution in [2.45, 2.75) is 71.4 Å². The summed E-state index contributed by atoms with van der Waals surface area (Å²) in [6.45, 7) is 6.41. The highest BCUT2D eigenvalue weighted by atomic mass is 35.5. The van der Waals surface area contributed by atoms with E-state index in [1.807, 2.05) is 35.8 Å². The number of thiophene rings is 1. The number of piperidine rings is 1. The number of nitrogens with zero attached hydrogens (tertiary/aromatic N) is 5. The van der Waals surface area contributed by atoms with Gasteiger partial charge in [-0.2, -0.15) is 0 Å². The van der Waals surface area contributed by atoms with Gasteiger partial charge >= 0.3 is 0 Å². The third-order valence-electron chi connectivity index (χ3n) is 10.0. The van der Waals surface area contributed by atoms with Crippen molar-refractivity contribution < 1.29 is 33.5 Å². The molecule has 15 nitrogen and oxygen atoms in total. The highest BCUT2D eigenvalue weighted by Crippen LogP contribution is 2.40. The third kappa shape index (κ3) is 7.58. The minimum atomic E-state index is -1.06. The van der Waals surface area contributed by atoms with Crippen molar-refractivity contribution >= 4 is 64.1 Å². The molecule has 2 aromatic carbocycles. The van der Waals surface area contributed by atoms with Crippen LogP contribution in [0.3, 0.4) is 0 Å². The van der Waals surface area contributed by atoms with Crippen molar-refractivity contribution in [3.63, 3.8) is 0 Å². The molecule has 1 saturated heterocycles. The largest absolute Gasteiger partial charge is 0.493 e. The molecule has 6 amide bonds. The molecule has 290 valence electrons. The number of aliphatic imine (C=N–C) groups is 1. The summed E-state index contributed by atoms with van der Waals surface area (Å²) in [5, 5.41) is 18.0. The van der Waals surface area contributed by atoms with Gasteiger partial charge in [-0.3, -0.25) is 48.5 Å². The van der Waals surface area contributed by atoms with Crippen LogP contribution < -0.4 is 20.7 Å². The number of ether oxygens (including phenoxy) is 1. The lowest BCUT2D eigenvalue weighted by molar-refractivity contribution is -0.136. The SMILES string of the molecule is Cc1sc2c(c1C)C(c1ccc(Cl)cc1)=N[C@@H](CC(=O)NCC(=O)NCCCCCOc1cccc3c1C(=O)N(C1CCC(=O)NC1=O)C3=O)c1nnc(C)n1-2. The van der Waals surface area contributed by atoms with Crippen LogP contribution in [0.25, 0.3) is 5.00 Å². The maximum absolute atomic E-state index is 13.3. The Morgan fingerprint density at radius 3 is 2.50 bits per heavy atom. The number of halogens is 1. The first-order chi connectivity index (χ1) is 26.9. The van der Waals surface area contributed by atoms with E-state index in [-0.39, 0.29) is 61.1 Å². The van der Waals surface area contributed by atoms with E-state index in [1.54, 1.807) is 23.5 Å². The molecule has 3 aliphatic rings. The van der Waals surface area contributed by atoms with Gasteiger partial charge in [0.1, 0.15) is 28.7 Å². The minimum absolute atomic E-state index is 0.0352. The highest BCUT2D eigenvalue weighted by Gasteiger charge is 2.46. The number of rotatable bonds is 13. The van der Waals surface area contributed by atoms with Gasteiger partial charge in [-0.25, -0.2) is 0 Å². The van der Waals surface area contributed by atoms with Crippen molar-refractivity contribution in [1.29, 1.82) is 0 Å². The monoisotopic (exact) mass is 798 g/mol. The molecule has 5 heterocycles. The van der Waals surface area contributed by atoms with Gasteiger partial charge in [-0.05, 0) is 76.3 Å². The van der Waals surface area contributed by atoms with E-state index < -0.39 is 35.7 Å². The molecule has 56 heavy (non-hydrogen) atoms. The molecule has 1 fully saturated rings. The molecule has 1 unspecified atom stereocenters. The maximum atomic E-state index is 13.3. The number of carbonyl (C=O) groups excluding carboxylic acids is 6. The van der Waals surface area contributed by atoms with Crippen LogP contribution in [0.2, 0.25) is 5.02 Å². The zero-order chi connectivity index (χ0) is 39.7. The predicted molar refractivity (Wildman–Crippen MR) is 206 cm³/mol. The molecule has 17 heteroatoms. The molecular weight excluding hydrogens is 760 g/mol. The Balaban J connectivity index is 0.883. The van der Waals surface area contributed by atoms with Crippen molar-refractivity contribution in [2.75, 3.05) is 19.7 Å². The fraction of sp³-hybridized carbons (Fsp3) is 0.359. The standard InChI is InChI=1S/C39H39ClN8O7S/c1-20-21(2)56-39-32(20)34(23-10-12-24(40)13-11-23)43-26(35-46-45-22(3)47(35)39)18-30(50)42-19-31(51)41-16-5-4-6-17-55-28-9-7-8-25-33(28)38(54)48(37(25)53)27-14-15-29(49)44-36(27)52/h7-13,26-27H,4-6,14-19H2,1-3H3,(H,41,51)(H,42,50)(H,44,49,52)/t26-,27?/m0/s1. The van der Waals surface area contributed by atoms with Gasteiger partial charge in [-0.1, -0.05) is 29.8 Å². The van der Waals surface area contributed by atoms with Crippen LogP contribution in [0.4, 0.5) is 0 Å². The zero-order valence-corrected chi connectivity index (χ0v) is 32.5. The summed E-state index contributed by atoms with van der Waals surface area (Å²) in [6.07, 6.45) is 1.99. The Hall–Kier alpha value is -5.74. The molecule has 4 aromatic rings. The number of carbonyl (C=O) groups is 6. The van der Waals surface area contributed by atoms with E-state index in [0.717, 1.165) is 37.2 Å². The second kappa shape index (κ2) is 16.2. The number of fused-ring (bicyclic) bond motifs is 4. The van der Waals surface area contributed by atoms with E-state index in [4.69, 9.17) is 21.3 Å². The number of aromatic nitrogens is 3. The fourth-order valence-corrected chi connectivity index (χ4v) is 8.38. The van der Waals surface area contributed by atoms with E-state index in [2.05, 4.69) is 40.0 Å². The van der Waals surface area contributed by atoms with E-state index in [0.29, 0.717) is 42.5 Å². The van der Waals surface area contributed by atoms with E-state index >= 15 is 0 Å². The average Bonchev–Trinajstić information content (AvgIpc) is 3.75. The van der Waals surface area contributed by atoms with Gasteiger partial charge in [0, 0.05) is 34.0 Å². The molecule has 7 rings (SSSR count). The number of hydrogen-bond acceptors (Lipinski definition) is 11. The maximum Gasteiger partial charge on any atom is 0.266 e. The van der Waals surface area contributed by atoms with Gasteiger partial charge < -0.3 is 15.4 Å². The summed E-state index contributed by atoms with van der Waals surface area (Å²) in [4.78, 5) is 83.3. The molecule has 3 N–H and O–H groups in total. The summed E-state index contributed by atoms with van der Waals surface area (Å²) in [7, 11) is 0. The Morgan fingerprint density at radius 2 is 1.73 bits per heavy atom. The average molecular weight is 799 g/mol. The number of aryl methyl sites for hydroxylation is 2.